The summed E-state index contributed by atoms with van der Waals surface area (Å²) in [5, 5.41) is 8.12. The summed E-state index contributed by atoms with van der Waals surface area (Å²) in [4.78, 5) is 11.7. The number of rotatable bonds is 2. The molecule has 1 aliphatic rings. The number of furan rings is 1. The summed E-state index contributed by atoms with van der Waals surface area (Å²) < 4.78 is 11.9. The second-order valence-corrected chi connectivity index (χ2v) is 3.86. The van der Waals surface area contributed by atoms with Gasteiger partial charge < -0.3 is 9.15 Å². The third-order valence-corrected chi connectivity index (χ3v) is 2.93. The maximum atomic E-state index is 11.7. The number of carbonyl (C=O) groups is 1. The van der Waals surface area contributed by atoms with Crippen molar-refractivity contribution in [2.45, 2.75) is 18.9 Å². The van der Waals surface area contributed by atoms with E-state index >= 15 is 0 Å². The minimum atomic E-state index is -0.343. The highest BCUT2D eigenvalue weighted by molar-refractivity contribution is 5.75. The van der Waals surface area contributed by atoms with Gasteiger partial charge in [0.2, 0.25) is 5.82 Å². The molecule has 3 rings (SSSR count). The zero-order chi connectivity index (χ0) is 11.8. The first-order valence-corrected chi connectivity index (χ1v) is 5.36. The molecule has 2 aromatic rings. The van der Waals surface area contributed by atoms with Gasteiger partial charge >= 0.3 is 5.97 Å². The molecular weight excluding hydrogens is 222 g/mol. The van der Waals surface area contributed by atoms with Crippen molar-refractivity contribution in [3.05, 3.63) is 24.2 Å². The Labute approximate surface area is 97.2 Å². The Morgan fingerprint density at radius 3 is 3.18 bits per heavy atom. The number of nitrogens with zero attached hydrogens (tertiary/aromatic N) is 3. The predicted molar refractivity (Wildman–Crippen MR) is 57.1 cm³/mol. The molecule has 3 heterocycles. The molecule has 0 fully saturated rings. The van der Waals surface area contributed by atoms with Crippen molar-refractivity contribution in [3.63, 3.8) is 0 Å². The molecule has 0 radical (unpaired) electrons. The quantitative estimate of drug-likeness (QED) is 0.729. The van der Waals surface area contributed by atoms with Crippen LogP contribution >= 0.6 is 0 Å². The Bertz CT molecular complexity index is 544. The zero-order valence-electron chi connectivity index (χ0n) is 9.29. The molecule has 0 spiro atoms. The summed E-state index contributed by atoms with van der Waals surface area (Å²) >= 11 is 0. The molecule has 0 saturated carbocycles. The third kappa shape index (κ3) is 1.44. The molecule has 0 amide bonds. The summed E-state index contributed by atoms with van der Waals surface area (Å²) in [6, 6.07) is 3.23. The SMILES string of the molecule is COC(=O)[C@H]1CCc2nnc(-c3ccco3)n21. The van der Waals surface area contributed by atoms with Crippen LogP contribution in [0.5, 0.6) is 0 Å². The first-order chi connectivity index (χ1) is 8.31. The molecule has 0 saturated heterocycles. The lowest BCUT2D eigenvalue weighted by molar-refractivity contribution is -0.144. The summed E-state index contributed by atoms with van der Waals surface area (Å²) in [5.41, 5.74) is 0. The zero-order valence-corrected chi connectivity index (χ0v) is 9.29. The number of hydrogen-bond acceptors (Lipinski definition) is 5. The number of aromatic nitrogens is 3. The lowest BCUT2D eigenvalue weighted by Gasteiger charge is -2.11. The summed E-state index contributed by atoms with van der Waals surface area (Å²) in [6.45, 7) is 0. The van der Waals surface area contributed by atoms with Gasteiger partial charge in [-0.05, 0) is 18.6 Å². The van der Waals surface area contributed by atoms with Crippen LogP contribution in [0, 0.1) is 0 Å². The van der Waals surface area contributed by atoms with Crippen LogP contribution in [-0.2, 0) is 16.0 Å². The van der Waals surface area contributed by atoms with Crippen LogP contribution in [0.15, 0.2) is 22.8 Å². The summed E-state index contributed by atoms with van der Waals surface area (Å²) in [7, 11) is 1.39. The first-order valence-electron chi connectivity index (χ1n) is 5.36. The van der Waals surface area contributed by atoms with Gasteiger partial charge in [0, 0.05) is 6.42 Å². The van der Waals surface area contributed by atoms with E-state index in [0.717, 1.165) is 12.2 Å². The average Bonchev–Trinajstić information content (AvgIpc) is 3.03. The fourth-order valence-electron chi connectivity index (χ4n) is 2.15. The maximum Gasteiger partial charge on any atom is 0.328 e. The van der Waals surface area contributed by atoms with Crippen molar-refractivity contribution in [1.29, 1.82) is 0 Å². The molecule has 0 unspecified atom stereocenters. The second kappa shape index (κ2) is 3.73. The smallest absolute Gasteiger partial charge is 0.328 e. The van der Waals surface area contributed by atoms with Gasteiger partial charge in [0.1, 0.15) is 11.9 Å². The monoisotopic (exact) mass is 233 g/mol. The summed E-state index contributed by atoms with van der Waals surface area (Å²) in [5.74, 6) is 1.72. The van der Waals surface area contributed by atoms with Crippen molar-refractivity contribution in [2.24, 2.45) is 0 Å². The molecule has 0 aromatic carbocycles. The average molecular weight is 233 g/mol. The fraction of sp³-hybridized carbons (Fsp3) is 0.364. The van der Waals surface area contributed by atoms with Gasteiger partial charge in [0.05, 0.1) is 13.4 Å². The molecule has 17 heavy (non-hydrogen) atoms. The van der Waals surface area contributed by atoms with Crippen LogP contribution in [0.3, 0.4) is 0 Å². The van der Waals surface area contributed by atoms with E-state index in [1.807, 2.05) is 0 Å². The number of hydrogen-bond donors (Lipinski definition) is 0. The van der Waals surface area contributed by atoms with E-state index in [1.165, 1.54) is 7.11 Å². The molecule has 2 aromatic heterocycles. The Morgan fingerprint density at radius 1 is 1.59 bits per heavy atom. The van der Waals surface area contributed by atoms with Crippen LogP contribution in [0.2, 0.25) is 0 Å². The van der Waals surface area contributed by atoms with Gasteiger partial charge in [-0.15, -0.1) is 10.2 Å². The van der Waals surface area contributed by atoms with E-state index < -0.39 is 0 Å². The normalized spacial score (nSPS) is 18.1. The molecule has 6 nitrogen and oxygen atoms in total. The van der Waals surface area contributed by atoms with Crippen LogP contribution < -0.4 is 0 Å². The van der Waals surface area contributed by atoms with Crippen LogP contribution in [0.4, 0.5) is 0 Å². The largest absolute Gasteiger partial charge is 0.467 e. The van der Waals surface area contributed by atoms with Gasteiger partial charge in [-0.3, -0.25) is 4.57 Å². The van der Waals surface area contributed by atoms with Crippen molar-refractivity contribution in [3.8, 4) is 11.6 Å². The Morgan fingerprint density at radius 2 is 2.47 bits per heavy atom. The standard InChI is InChI=1S/C11H11N3O3/c1-16-11(15)7-4-5-9-12-13-10(14(7)9)8-3-2-6-17-8/h2-3,6-7H,4-5H2,1H3/t7-/m1/s1. The van der Waals surface area contributed by atoms with Gasteiger partial charge in [-0.1, -0.05) is 0 Å². The molecule has 0 N–H and O–H groups in total. The van der Waals surface area contributed by atoms with E-state index in [2.05, 4.69) is 10.2 Å². The molecule has 88 valence electrons. The van der Waals surface area contributed by atoms with E-state index in [-0.39, 0.29) is 12.0 Å². The summed E-state index contributed by atoms with van der Waals surface area (Å²) in [6.07, 6.45) is 3.00. The number of aryl methyl sites for hydroxylation is 1. The van der Waals surface area contributed by atoms with Crippen molar-refractivity contribution < 1.29 is 13.9 Å². The number of carbonyl (C=O) groups excluding carboxylic acids is 1. The maximum absolute atomic E-state index is 11.7. The Balaban J connectivity index is 2.07. The highest BCUT2D eigenvalue weighted by atomic mass is 16.5. The molecular formula is C11H11N3O3. The topological polar surface area (TPSA) is 70.2 Å². The highest BCUT2D eigenvalue weighted by Crippen LogP contribution is 2.31. The minimum absolute atomic E-state index is 0.267. The number of ether oxygens (including phenoxy) is 1. The van der Waals surface area contributed by atoms with Gasteiger partial charge in [-0.25, -0.2) is 4.79 Å². The number of methoxy groups -OCH3 is 1. The second-order valence-electron chi connectivity index (χ2n) is 3.86. The van der Waals surface area contributed by atoms with Gasteiger partial charge in [0.15, 0.2) is 5.76 Å². The van der Waals surface area contributed by atoms with Gasteiger partial charge in [0.25, 0.3) is 0 Å². The molecule has 6 heteroatoms. The van der Waals surface area contributed by atoms with Crippen molar-refractivity contribution in [1.82, 2.24) is 14.8 Å². The van der Waals surface area contributed by atoms with Crippen LogP contribution in [0.25, 0.3) is 11.6 Å². The lowest BCUT2D eigenvalue weighted by atomic mass is 10.2. The first kappa shape index (κ1) is 10.1. The van der Waals surface area contributed by atoms with Crippen molar-refractivity contribution >= 4 is 5.97 Å². The molecule has 0 bridgehead atoms. The van der Waals surface area contributed by atoms with Crippen molar-refractivity contribution in [2.75, 3.05) is 7.11 Å². The Kier molecular flexibility index (Phi) is 2.21. The van der Waals surface area contributed by atoms with Crippen LogP contribution in [-0.4, -0.2) is 27.8 Å². The lowest BCUT2D eigenvalue weighted by Crippen LogP contribution is -2.18. The number of esters is 1. The van der Waals surface area contributed by atoms with E-state index in [1.54, 1.807) is 23.0 Å². The molecule has 0 aliphatic carbocycles. The minimum Gasteiger partial charge on any atom is -0.467 e. The Hall–Kier alpha value is -2.11. The molecule has 1 aliphatic heterocycles. The van der Waals surface area contributed by atoms with Gasteiger partial charge in [-0.2, -0.15) is 0 Å². The van der Waals surface area contributed by atoms with Crippen LogP contribution in [0.1, 0.15) is 18.3 Å². The molecule has 1 atom stereocenters. The highest BCUT2D eigenvalue weighted by Gasteiger charge is 2.33. The van der Waals surface area contributed by atoms with E-state index in [9.17, 15) is 4.79 Å². The fourth-order valence-corrected chi connectivity index (χ4v) is 2.15. The number of fused-ring (bicyclic) bond motifs is 1. The predicted octanol–water partition coefficient (Wildman–Crippen LogP) is 1.20. The van der Waals surface area contributed by atoms with E-state index in [4.69, 9.17) is 9.15 Å². The van der Waals surface area contributed by atoms with E-state index in [0.29, 0.717) is 18.0 Å². The third-order valence-electron chi connectivity index (χ3n) is 2.93.